The van der Waals surface area contributed by atoms with E-state index >= 15 is 0 Å². The van der Waals surface area contributed by atoms with E-state index < -0.39 is 0 Å². The van der Waals surface area contributed by atoms with E-state index in [2.05, 4.69) is 9.88 Å². The summed E-state index contributed by atoms with van der Waals surface area (Å²) in [6.07, 6.45) is 3.53. The Hall–Kier alpha value is -1.62. The fourth-order valence-electron chi connectivity index (χ4n) is 2.02. The lowest BCUT2D eigenvalue weighted by Gasteiger charge is -2.24. The van der Waals surface area contributed by atoms with E-state index in [-0.39, 0.29) is 12.6 Å². The van der Waals surface area contributed by atoms with Crippen LogP contribution in [0.1, 0.15) is 18.1 Å². The van der Waals surface area contributed by atoms with Gasteiger partial charge in [0.25, 0.3) is 0 Å². The van der Waals surface area contributed by atoms with Crippen molar-refractivity contribution in [2.45, 2.75) is 26.1 Å². The summed E-state index contributed by atoms with van der Waals surface area (Å²) in [6, 6.07) is 9.54. The van der Waals surface area contributed by atoms with Crippen molar-refractivity contribution in [3.8, 4) is 5.75 Å². The van der Waals surface area contributed by atoms with Gasteiger partial charge < -0.3 is 9.84 Å². The van der Waals surface area contributed by atoms with Gasteiger partial charge in [0.2, 0.25) is 0 Å². The molecule has 0 radical (unpaired) electrons. The number of hydrogen-bond acceptors (Lipinski definition) is 4. The van der Waals surface area contributed by atoms with Crippen LogP contribution in [0.5, 0.6) is 5.75 Å². The maximum absolute atomic E-state index is 9.25. The molecular weight excluding hydrogens is 300 g/mol. The van der Waals surface area contributed by atoms with Crippen LogP contribution in [0.3, 0.4) is 0 Å². The zero-order valence-electron chi connectivity index (χ0n) is 12.9. The molecule has 1 unspecified atom stereocenters. The third-order valence-corrected chi connectivity index (χ3v) is 3.81. The van der Waals surface area contributed by atoms with Crippen molar-refractivity contribution in [1.82, 2.24) is 9.88 Å². The van der Waals surface area contributed by atoms with Gasteiger partial charge in [-0.25, -0.2) is 0 Å². The number of pyridine rings is 1. The third kappa shape index (κ3) is 4.70. The minimum absolute atomic E-state index is 0.0742. The van der Waals surface area contributed by atoms with Crippen LogP contribution < -0.4 is 4.74 Å². The summed E-state index contributed by atoms with van der Waals surface area (Å²) in [6.45, 7) is 3.20. The Morgan fingerprint density at radius 3 is 2.86 bits per heavy atom. The van der Waals surface area contributed by atoms with Crippen LogP contribution in [-0.2, 0) is 13.2 Å². The molecule has 0 aliphatic heterocycles. The fourth-order valence-corrected chi connectivity index (χ4v) is 2.22. The Balaban J connectivity index is 2.10. The molecule has 0 fully saturated rings. The van der Waals surface area contributed by atoms with E-state index in [1.807, 2.05) is 44.3 Å². The molecule has 1 aromatic heterocycles. The predicted molar refractivity (Wildman–Crippen MR) is 88.0 cm³/mol. The average Bonchev–Trinajstić information content (AvgIpc) is 2.54. The first kappa shape index (κ1) is 16.7. The maximum atomic E-state index is 9.25. The van der Waals surface area contributed by atoms with Gasteiger partial charge >= 0.3 is 0 Å². The Labute approximate surface area is 136 Å². The van der Waals surface area contributed by atoms with E-state index in [0.717, 1.165) is 16.9 Å². The van der Waals surface area contributed by atoms with Crippen molar-refractivity contribution in [2.24, 2.45) is 0 Å². The number of halogens is 1. The summed E-state index contributed by atoms with van der Waals surface area (Å²) in [5, 5.41) is 9.93. The number of benzene rings is 1. The second kappa shape index (κ2) is 8.13. The fraction of sp³-hybridized carbons (Fsp3) is 0.353. The number of likely N-dealkylation sites (N-methyl/N-ethyl adjacent to an activating group) is 1. The molecule has 5 heteroatoms. The molecule has 1 heterocycles. The second-order valence-electron chi connectivity index (χ2n) is 5.35. The zero-order valence-corrected chi connectivity index (χ0v) is 13.6. The van der Waals surface area contributed by atoms with E-state index in [1.54, 1.807) is 12.4 Å². The minimum Gasteiger partial charge on any atom is -0.489 e. The molecule has 0 saturated heterocycles. The highest BCUT2D eigenvalue weighted by molar-refractivity contribution is 6.30. The number of rotatable bonds is 7. The average molecular weight is 321 g/mol. The van der Waals surface area contributed by atoms with Crippen LogP contribution in [-0.4, -0.2) is 34.7 Å². The van der Waals surface area contributed by atoms with Gasteiger partial charge in [-0.05, 0) is 38.2 Å². The van der Waals surface area contributed by atoms with Crippen molar-refractivity contribution in [3.05, 3.63) is 58.9 Å². The molecule has 0 spiro atoms. The van der Waals surface area contributed by atoms with E-state index in [4.69, 9.17) is 16.3 Å². The van der Waals surface area contributed by atoms with Crippen molar-refractivity contribution in [3.63, 3.8) is 0 Å². The van der Waals surface area contributed by atoms with Gasteiger partial charge in [0.1, 0.15) is 12.4 Å². The molecule has 2 aromatic rings. The smallest absolute Gasteiger partial charge is 0.124 e. The van der Waals surface area contributed by atoms with Gasteiger partial charge in [-0.1, -0.05) is 17.7 Å². The molecule has 1 aromatic carbocycles. The first-order valence-corrected chi connectivity index (χ1v) is 7.59. The van der Waals surface area contributed by atoms with Crippen LogP contribution >= 0.6 is 11.6 Å². The molecule has 118 valence electrons. The molecular formula is C17H21ClN2O2. The zero-order chi connectivity index (χ0) is 15.9. The number of nitrogens with zero attached hydrogens (tertiary/aromatic N) is 2. The lowest BCUT2D eigenvalue weighted by molar-refractivity contribution is 0.152. The van der Waals surface area contributed by atoms with E-state index in [0.29, 0.717) is 18.2 Å². The largest absolute Gasteiger partial charge is 0.489 e. The number of aromatic nitrogens is 1. The number of aliphatic hydroxyl groups excluding tert-OH is 1. The summed E-state index contributed by atoms with van der Waals surface area (Å²) in [5.41, 5.74) is 2.01. The van der Waals surface area contributed by atoms with Crippen LogP contribution in [0.4, 0.5) is 0 Å². The molecule has 4 nitrogen and oxygen atoms in total. The Kier molecular flexibility index (Phi) is 6.19. The standard InChI is InChI=1S/C17H21ClN2O2/c1-13(11-21)20(2)10-15-8-16(18)5-6-17(15)22-12-14-4-3-7-19-9-14/h3-9,13,21H,10-12H2,1-2H3. The van der Waals surface area contributed by atoms with Crippen LogP contribution in [0.25, 0.3) is 0 Å². The second-order valence-corrected chi connectivity index (χ2v) is 5.79. The van der Waals surface area contributed by atoms with Gasteiger partial charge in [0, 0.05) is 41.1 Å². The summed E-state index contributed by atoms with van der Waals surface area (Å²) < 4.78 is 5.90. The van der Waals surface area contributed by atoms with Crippen molar-refractivity contribution in [1.29, 1.82) is 0 Å². The summed E-state index contributed by atoms with van der Waals surface area (Å²) >= 11 is 6.10. The monoisotopic (exact) mass is 320 g/mol. The minimum atomic E-state index is 0.0742. The van der Waals surface area contributed by atoms with Crippen molar-refractivity contribution in [2.75, 3.05) is 13.7 Å². The van der Waals surface area contributed by atoms with Gasteiger partial charge in [-0.15, -0.1) is 0 Å². The van der Waals surface area contributed by atoms with Gasteiger partial charge in [0.15, 0.2) is 0 Å². The maximum Gasteiger partial charge on any atom is 0.124 e. The molecule has 0 aliphatic rings. The predicted octanol–water partition coefficient (Wildman–Crippen LogP) is 3.13. The van der Waals surface area contributed by atoms with Crippen LogP contribution in [0, 0.1) is 0 Å². The van der Waals surface area contributed by atoms with Crippen molar-refractivity contribution >= 4 is 11.6 Å². The number of ether oxygens (including phenoxy) is 1. The van der Waals surface area contributed by atoms with Gasteiger partial charge in [-0.3, -0.25) is 9.88 Å². The molecule has 1 atom stereocenters. The molecule has 22 heavy (non-hydrogen) atoms. The molecule has 1 N–H and O–H groups in total. The number of aliphatic hydroxyl groups is 1. The summed E-state index contributed by atoms with van der Waals surface area (Å²) in [7, 11) is 1.96. The molecule has 0 saturated carbocycles. The third-order valence-electron chi connectivity index (χ3n) is 3.58. The van der Waals surface area contributed by atoms with Crippen molar-refractivity contribution < 1.29 is 9.84 Å². The molecule has 2 rings (SSSR count). The number of hydrogen-bond donors (Lipinski definition) is 1. The SMILES string of the molecule is CC(CO)N(C)Cc1cc(Cl)ccc1OCc1cccnc1. The van der Waals surface area contributed by atoms with E-state index in [1.165, 1.54) is 0 Å². The van der Waals surface area contributed by atoms with Crippen LogP contribution in [0.2, 0.25) is 5.02 Å². The van der Waals surface area contributed by atoms with Crippen LogP contribution in [0.15, 0.2) is 42.7 Å². The summed E-state index contributed by atoms with van der Waals surface area (Å²) in [5.74, 6) is 0.797. The highest BCUT2D eigenvalue weighted by Gasteiger charge is 2.12. The Morgan fingerprint density at radius 1 is 1.36 bits per heavy atom. The lowest BCUT2D eigenvalue weighted by Crippen LogP contribution is -2.31. The molecule has 0 bridgehead atoms. The normalized spacial score (nSPS) is 12.4. The summed E-state index contributed by atoms with van der Waals surface area (Å²) in [4.78, 5) is 6.14. The first-order valence-electron chi connectivity index (χ1n) is 7.21. The van der Waals surface area contributed by atoms with Gasteiger partial charge in [-0.2, -0.15) is 0 Å². The topological polar surface area (TPSA) is 45.6 Å². The highest BCUT2D eigenvalue weighted by atomic mass is 35.5. The van der Waals surface area contributed by atoms with E-state index in [9.17, 15) is 5.11 Å². The molecule has 0 amide bonds. The Morgan fingerprint density at radius 2 is 2.18 bits per heavy atom. The van der Waals surface area contributed by atoms with Gasteiger partial charge in [0.05, 0.1) is 6.61 Å². The first-order chi connectivity index (χ1) is 10.6. The quantitative estimate of drug-likeness (QED) is 0.851. The highest BCUT2D eigenvalue weighted by Crippen LogP contribution is 2.25. The Bertz CT molecular complexity index is 592. The molecule has 0 aliphatic carbocycles. The lowest BCUT2D eigenvalue weighted by atomic mass is 10.1.